The molecule has 0 aromatic carbocycles. The maximum Gasteiger partial charge on any atom is 0.317 e. The number of morpholine rings is 1. The van der Waals surface area contributed by atoms with Crippen molar-refractivity contribution in [1.29, 1.82) is 0 Å². The zero-order valence-electron chi connectivity index (χ0n) is 19.2. The van der Waals surface area contributed by atoms with E-state index in [2.05, 4.69) is 15.1 Å². The first-order chi connectivity index (χ1) is 15.2. The van der Waals surface area contributed by atoms with Crippen LogP contribution in [0.4, 0.5) is 4.79 Å². The first kappa shape index (κ1) is 22.6. The summed E-state index contributed by atoms with van der Waals surface area (Å²) in [5.74, 6) is 2.69. The number of aryl methyl sites for hydroxylation is 1. The Hall–Kier alpha value is -1.57. The Morgan fingerprint density at radius 3 is 2.58 bits per heavy atom. The third kappa shape index (κ3) is 6.46. The maximum atomic E-state index is 13.0. The van der Waals surface area contributed by atoms with E-state index in [9.17, 15) is 4.79 Å². The number of rotatable bonds is 6. The molecule has 0 radical (unpaired) electrons. The van der Waals surface area contributed by atoms with Gasteiger partial charge in [0.25, 0.3) is 0 Å². The van der Waals surface area contributed by atoms with Gasteiger partial charge in [-0.15, -0.1) is 0 Å². The summed E-state index contributed by atoms with van der Waals surface area (Å²) >= 11 is 0. The summed E-state index contributed by atoms with van der Waals surface area (Å²) in [6.07, 6.45) is 8.03. The highest BCUT2D eigenvalue weighted by Crippen LogP contribution is 2.25. The highest BCUT2D eigenvalue weighted by atomic mass is 16.5. The van der Waals surface area contributed by atoms with Gasteiger partial charge in [-0.3, -0.25) is 4.90 Å². The predicted octanol–water partition coefficient (Wildman–Crippen LogP) is 3.26. The smallest absolute Gasteiger partial charge is 0.317 e. The van der Waals surface area contributed by atoms with Crippen molar-refractivity contribution in [3.05, 3.63) is 23.7 Å². The van der Waals surface area contributed by atoms with Crippen molar-refractivity contribution >= 4 is 6.03 Å². The minimum absolute atomic E-state index is 0.0522. The molecule has 174 valence electrons. The standard InChI is InChI=1S/C24H40N4O3/c1-20-8-9-23(31-20)22(27-14-16-30-17-15-27)18-25-24(29)28-11-5-10-26(12-13-28)19-21-6-3-2-4-7-21/h8-9,21-22H,2-7,10-19H2,1H3,(H,25,29). The van der Waals surface area contributed by atoms with Crippen LogP contribution in [0.5, 0.6) is 0 Å². The van der Waals surface area contributed by atoms with Gasteiger partial charge in [0.2, 0.25) is 0 Å². The second kappa shape index (κ2) is 11.3. The first-order valence-corrected chi connectivity index (χ1v) is 12.3. The van der Waals surface area contributed by atoms with E-state index in [1.54, 1.807) is 0 Å². The molecular formula is C24H40N4O3. The number of hydrogen-bond acceptors (Lipinski definition) is 5. The van der Waals surface area contributed by atoms with E-state index < -0.39 is 0 Å². The Labute approximate surface area is 187 Å². The summed E-state index contributed by atoms with van der Waals surface area (Å²) in [6, 6.07) is 4.15. The van der Waals surface area contributed by atoms with Crippen molar-refractivity contribution in [2.75, 3.05) is 65.6 Å². The van der Waals surface area contributed by atoms with Crippen LogP contribution >= 0.6 is 0 Å². The van der Waals surface area contributed by atoms with E-state index in [1.807, 2.05) is 24.0 Å². The van der Waals surface area contributed by atoms with Gasteiger partial charge in [-0.25, -0.2) is 4.79 Å². The summed E-state index contributed by atoms with van der Waals surface area (Å²) in [7, 11) is 0. The van der Waals surface area contributed by atoms with Gasteiger partial charge in [0.1, 0.15) is 11.5 Å². The molecule has 2 amide bonds. The van der Waals surface area contributed by atoms with Crippen molar-refractivity contribution in [1.82, 2.24) is 20.0 Å². The minimum atomic E-state index is 0.0522. The van der Waals surface area contributed by atoms with Crippen LogP contribution < -0.4 is 5.32 Å². The molecule has 4 rings (SSSR count). The van der Waals surface area contributed by atoms with E-state index in [1.165, 1.54) is 38.6 Å². The summed E-state index contributed by atoms with van der Waals surface area (Å²) in [5, 5.41) is 3.21. The molecule has 7 heteroatoms. The number of hydrogen-bond donors (Lipinski definition) is 1. The molecule has 1 atom stereocenters. The molecule has 1 N–H and O–H groups in total. The van der Waals surface area contributed by atoms with Gasteiger partial charge in [0.05, 0.1) is 19.3 Å². The molecule has 1 aromatic heterocycles. The van der Waals surface area contributed by atoms with Crippen molar-refractivity contribution in [2.45, 2.75) is 51.5 Å². The fraction of sp³-hybridized carbons (Fsp3) is 0.792. The summed E-state index contributed by atoms with van der Waals surface area (Å²) in [6.45, 7) is 10.7. The van der Waals surface area contributed by atoms with E-state index in [-0.39, 0.29) is 12.1 Å². The van der Waals surface area contributed by atoms with Crippen LogP contribution in [0.1, 0.15) is 56.1 Å². The number of nitrogens with one attached hydrogen (secondary N) is 1. The second-order valence-corrected chi connectivity index (χ2v) is 9.44. The van der Waals surface area contributed by atoms with Crippen molar-refractivity contribution in [2.24, 2.45) is 5.92 Å². The van der Waals surface area contributed by atoms with Gasteiger partial charge in [-0.05, 0) is 50.8 Å². The quantitative estimate of drug-likeness (QED) is 0.748. The van der Waals surface area contributed by atoms with Gasteiger partial charge in [0.15, 0.2) is 0 Å². The van der Waals surface area contributed by atoms with Crippen molar-refractivity contribution in [3.8, 4) is 0 Å². The molecule has 3 heterocycles. The summed E-state index contributed by atoms with van der Waals surface area (Å²) in [4.78, 5) is 19.9. The summed E-state index contributed by atoms with van der Waals surface area (Å²) < 4.78 is 11.4. The average Bonchev–Trinajstić information content (AvgIpc) is 3.09. The average molecular weight is 433 g/mol. The number of ether oxygens (including phenoxy) is 1. The van der Waals surface area contributed by atoms with Crippen LogP contribution in [-0.2, 0) is 4.74 Å². The number of furan rings is 1. The molecule has 0 bridgehead atoms. The van der Waals surface area contributed by atoms with Gasteiger partial charge < -0.3 is 24.3 Å². The third-order valence-electron chi connectivity index (χ3n) is 7.14. The Morgan fingerprint density at radius 2 is 1.84 bits per heavy atom. The van der Waals surface area contributed by atoms with Crippen LogP contribution in [0.15, 0.2) is 16.5 Å². The molecule has 2 saturated heterocycles. The number of nitrogens with zero attached hydrogens (tertiary/aromatic N) is 3. The molecule has 7 nitrogen and oxygen atoms in total. The Balaban J connectivity index is 1.28. The maximum absolute atomic E-state index is 13.0. The lowest BCUT2D eigenvalue weighted by Crippen LogP contribution is -2.47. The number of amides is 2. The highest BCUT2D eigenvalue weighted by Gasteiger charge is 2.27. The first-order valence-electron chi connectivity index (χ1n) is 12.3. The van der Waals surface area contributed by atoms with E-state index in [0.717, 1.165) is 76.3 Å². The van der Waals surface area contributed by atoms with Gasteiger partial charge in [-0.1, -0.05) is 19.3 Å². The molecule has 1 aromatic rings. The summed E-state index contributed by atoms with van der Waals surface area (Å²) in [5.41, 5.74) is 0. The predicted molar refractivity (Wildman–Crippen MR) is 121 cm³/mol. The fourth-order valence-corrected chi connectivity index (χ4v) is 5.32. The Bertz CT molecular complexity index is 682. The molecule has 3 aliphatic rings. The Kier molecular flexibility index (Phi) is 8.27. The van der Waals surface area contributed by atoms with Crippen LogP contribution in [0.3, 0.4) is 0 Å². The zero-order chi connectivity index (χ0) is 21.5. The molecule has 0 spiro atoms. The Morgan fingerprint density at radius 1 is 1.03 bits per heavy atom. The van der Waals surface area contributed by atoms with Crippen LogP contribution in [0.2, 0.25) is 0 Å². The second-order valence-electron chi connectivity index (χ2n) is 9.44. The SMILES string of the molecule is Cc1ccc(C(CNC(=O)N2CCCN(CC3CCCCC3)CC2)N2CCOCC2)o1. The van der Waals surface area contributed by atoms with E-state index >= 15 is 0 Å². The van der Waals surface area contributed by atoms with Crippen LogP contribution in [0, 0.1) is 12.8 Å². The van der Waals surface area contributed by atoms with Crippen molar-refractivity contribution in [3.63, 3.8) is 0 Å². The minimum Gasteiger partial charge on any atom is -0.465 e. The third-order valence-corrected chi connectivity index (χ3v) is 7.14. The van der Waals surface area contributed by atoms with E-state index in [4.69, 9.17) is 9.15 Å². The van der Waals surface area contributed by atoms with Crippen LogP contribution in [-0.4, -0.2) is 86.3 Å². The van der Waals surface area contributed by atoms with Crippen LogP contribution in [0.25, 0.3) is 0 Å². The largest absolute Gasteiger partial charge is 0.465 e. The van der Waals surface area contributed by atoms with Gasteiger partial charge in [-0.2, -0.15) is 0 Å². The highest BCUT2D eigenvalue weighted by molar-refractivity contribution is 5.74. The number of urea groups is 1. The topological polar surface area (TPSA) is 61.2 Å². The lowest BCUT2D eigenvalue weighted by Gasteiger charge is -2.34. The fourth-order valence-electron chi connectivity index (χ4n) is 5.32. The molecule has 1 saturated carbocycles. The normalized spacial score (nSPS) is 23.5. The monoisotopic (exact) mass is 432 g/mol. The lowest BCUT2D eigenvalue weighted by atomic mass is 9.89. The molecular weight excluding hydrogens is 392 g/mol. The van der Waals surface area contributed by atoms with Gasteiger partial charge in [0, 0.05) is 45.8 Å². The molecule has 31 heavy (non-hydrogen) atoms. The van der Waals surface area contributed by atoms with Crippen molar-refractivity contribution < 1.29 is 13.9 Å². The molecule has 2 aliphatic heterocycles. The molecule has 1 unspecified atom stereocenters. The lowest BCUT2D eigenvalue weighted by molar-refractivity contribution is 0.0119. The molecule has 1 aliphatic carbocycles. The number of carbonyl (C=O) groups excluding carboxylic acids is 1. The zero-order valence-corrected chi connectivity index (χ0v) is 19.2. The van der Waals surface area contributed by atoms with E-state index in [0.29, 0.717) is 6.54 Å². The number of carbonyl (C=O) groups is 1. The van der Waals surface area contributed by atoms with Gasteiger partial charge >= 0.3 is 6.03 Å². The molecule has 3 fully saturated rings.